The first-order valence-corrected chi connectivity index (χ1v) is 5.79. The Kier molecular flexibility index (Phi) is 3.87. The van der Waals surface area contributed by atoms with Crippen LogP contribution < -0.4 is 5.32 Å². The fourth-order valence-corrected chi connectivity index (χ4v) is 1.80. The number of nitrogens with one attached hydrogen (secondary N) is 1. The zero-order chi connectivity index (χ0) is 13.8. The summed E-state index contributed by atoms with van der Waals surface area (Å²) in [5.74, 6) is -1.76. The molecule has 0 bridgehead atoms. The van der Waals surface area contributed by atoms with E-state index < -0.39 is 17.9 Å². The summed E-state index contributed by atoms with van der Waals surface area (Å²) in [6.07, 6.45) is 1.26. The van der Waals surface area contributed by atoms with Gasteiger partial charge in [-0.15, -0.1) is 0 Å². The number of furan rings is 1. The predicted octanol–water partition coefficient (Wildman–Crippen LogP) is 2.49. The minimum atomic E-state index is -1.15. The van der Waals surface area contributed by atoms with Crippen molar-refractivity contribution < 1.29 is 19.1 Å². The van der Waals surface area contributed by atoms with Gasteiger partial charge in [0.1, 0.15) is 0 Å². The Hall–Kier alpha value is -2.27. The molecule has 0 aliphatic heterocycles. The van der Waals surface area contributed by atoms with Crippen LogP contribution in [0.5, 0.6) is 0 Å². The zero-order valence-electron chi connectivity index (χ0n) is 9.67. The number of aliphatic carboxylic acids is 1. The molecule has 0 saturated heterocycles. The molecule has 2 aromatic rings. The number of halogens is 1. The molecule has 6 heteroatoms. The van der Waals surface area contributed by atoms with E-state index in [1.165, 1.54) is 12.3 Å². The van der Waals surface area contributed by atoms with E-state index in [9.17, 15) is 14.7 Å². The van der Waals surface area contributed by atoms with Crippen molar-refractivity contribution in [1.29, 1.82) is 0 Å². The Labute approximate surface area is 113 Å². The molecule has 19 heavy (non-hydrogen) atoms. The van der Waals surface area contributed by atoms with Crippen LogP contribution in [0.15, 0.2) is 47.1 Å². The Balaban J connectivity index is 2.21. The highest BCUT2D eigenvalue weighted by molar-refractivity contribution is 6.32. The summed E-state index contributed by atoms with van der Waals surface area (Å²) in [4.78, 5) is 23.1. The Morgan fingerprint density at radius 2 is 1.89 bits per heavy atom. The van der Waals surface area contributed by atoms with Gasteiger partial charge < -0.3 is 14.8 Å². The highest BCUT2D eigenvalue weighted by Gasteiger charge is 2.24. The maximum absolute atomic E-state index is 11.9. The third-order valence-electron chi connectivity index (χ3n) is 2.52. The second kappa shape index (κ2) is 5.58. The molecule has 0 aliphatic rings. The van der Waals surface area contributed by atoms with Crippen molar-refractivity contribution in [3.63, 3.8) is 0 Å². The molecule has 0 fully saturated rings. The van der Waals surface area contributed by atoms with E-state index in [-0.39, 0.29) is 10.8 Å². The van der Waals surface area contributed by atoms with E-state index >= 15 is 0 Å². The van der Waals surface area contributed by atoms with Crippen molar-refractivity contribution in [2.45, 2.75) is 6.04 Å². The summed E-state index contributed by atoms with van der Waals surface area (Å²) in [5, 5.41) is 11.5. The topological polar surface area (TPSA) is 79.5 Å². The Bertz CT molecular complexity index is 594. The lowest BCUT2D eigenvalue weighted by Crippen LogP contribution is -2.33. The molecule has 1 atom stereocenters. The van der Waals surface area contributed by atoms with Gasteiger partial charge in [0.15, 0.2) is 6.04 Å². The number of hydrogen-bond acceptors (Lipinski definition) is 3. The number of carboxylic acid groups (broad SMARTS) is 1. The van der Waals surface area contributed by atoms with Crippen LogP contribution in [0.3, 0.4) is 0 Å². The Morgan fingerprint density at radius 3 is 2.42 bits per heavy atom. The number of rotatable bonds is 4. The van der Waals surface area contributed by atoms with Crippen LogP contribution in [0.1, 0.15) is 22.0 Å². The SMILES string of the molecule is O=C(NC(C(=O)O)c1ccccc1)c1ccoc1Cl. The molecule has 5 nitrogen and oxygen atoms in total. The quantitative estimate of drug-likeness (QED) is 0.901. The van der Waals surface area contributed by atoms with Crippen molar-refractivity contribution in [1.82, 2.24) is 5.32 Å². The molecule has 2 N–H and O–H groups in total. The predicted molar refractivity (Wildman–Crippen MR) is 68.0 cm³/mol. The standard InChI is InChI=1S/C13H10ClNO4/c14-11-9(6-7-19-11)12(16)15-10(13(17)18)8-4-2-1-3-5-8/h1-7,10H,(H,15,16)(H,17,18). The van der Waals surface area contributed by atoms with E-state index in [2.05, 4.69) is 5.32 Å². The molecule has 0 aliphatic carbocycles. The number of carbonyl (C=O) groups excluding carboxylic acids is 1. The zero-order valence-corrected chi connectivity index (χ0v) is 10.4. The molecule has 98 valence electrons. The van der Waals surface area contributed by atoms with Gasteiger partial charge in [0, 0.05) is 0 Å². The average molecular weight is 280 g/mol. The maximum atomic E-state index is 11.9. The lowest BCUT2D eigenvalue weighted by Gasteiger charge is -2.14. The summed E-state index contributed by atoms with van der Waals surface area (Å²) >= 11 is 5.67. The van der Waals surface area contributed by atoms with Gasteiger partial charge in [-0.1, -0.05) is 30.3 Å². The molecule has 2 rings (SSSR count). The van der Waals surface area contributed by atoms with Crippen molar-refractivity contribution >= 4 is 23.5 Å². The van der Waals surface area contributed by atoms with Crippen LogP contribution in [0.25, 0.3) is 0 Å². The molecule has 0 saturated carbocycles. The summed E-state index contributed by atoms with van der Waals surface area (Å²) in [6.45, 7) is 0. The van der Waals surface area contributed by atoms with Crippen molar-refractivity contribution in [2.75, 3.05) is 0 Å². The molecule has 0 spiro atoms. The Morgan fingerprint density at radius 1 is 1.21 bits per heavy atom. The third-order valence-corrected chi connectivity index (χ3v) is 2.81. The molecular formula is C13H10ClNO4. The molecule has 0 radical (unpaired) electrons. The van der Waals surface area contributed by atoms with Gasteiger partial charge in [-0.25, -0.2) is 4.79 Å². The molecular weight excluding hydrogens is 270 g/mol. The van der Waals surface area contributed by atoms with Gasteiger partial charge in [0.25, 0.3) is 5.91 Å². The fourth-order valence-electron chi connectivity index (χ4n) is 1.60. The van der Waals surface area contributed by atoms with E-state index in [1.54, 1.807) is 30.3 Å². The van der Waals surface area contributed by atoms with Crippen LogP contribution in [-0.4, -0.2) is 17.0 Å². The first-order chi connectivity index (χ1) is 9.09. The molecule has 1 amide bonds. The minimum Gasteiger partial charge on any atom is -0.479 e. The molecule has 1 unspecified atom stereocenters. The first-order valence-electron chi connectivity index (χ1n) is 5.41. The van der Waals surface area contributed by atoms with Gasteiger partial charge in [0.2, 0.25) is 5.22 Å². The van der Waals surface area contributed by atoms with Gasteiger partial charge >= 0.3 is 5.97 Å². The van der Waals surface area contributed by atoms with Crippen LogP contribution >= 0.6 is 11.6 Å². The monoisotopic (exact) mass is 279 g/mol. The highest BCUT2D eigenvalue weighted by Crippen LogP contribution is 2.19. The second-order valence-corrected chi connectivity index (χ2v) is 4.11. The number of carboxylic acids is 1. The molecule has 1 heterocycles. The third kappa shape index (κ3) is 2.95. The summed E-state index contributed by atoms with van der Waals surface area (Å²) in [7, 11) is 0. The normalized spacial score (nSPS) is 11.8. The van der Waals surface area contributed by atoms with Gasteiger partial charge in [0.05, 0.1) is 11.8 Å². The maximum Gasteiger partial charge on any atom is 0.330 e. The van der Waals surface area contributed by atoms with Crippen molar-refractivity contribution in [2.24, 2.45) is 0 Å². The second-order valence-electron chi connectivity index (χ2n) is 3.76. The minimum absolute atomic E-state index is 0.0744. The van der Waals surface area contributed by atoms with Crippen LogP contribution in [0, 0.1) is 0 Å². The van der Waals surface area contributed by atoms with Crippen LogP contribution in [-0.2, 0) is 4.79 Å². The number of benzene rings is 1. The smallest absolute Gasteiger partial charge is 0.330 e. The summed E-state index contributed by atoms with van der Waals surface area (Å²) in [6, 6.07) is 8.63. The van der Waals surface area contributed by atoms with Crippen LogP contribution in [0.4, 0.5) is 0 Å². The van der Waals surface area contributed by atoms with E-state index in [0.717, 1.165) is 0 Å². The number of carbonyl (C=O) groups is 2. The fraction of sp³-hybridized carbons (Fsp3) is 0.0769. The first kappa shape index (κ1) is 13.2. The van der Waals surface area contributed by atoms with Crippen molar-refractivity contribution in [3.05, 3.63) is 59.0 Å². The lowest BCUT2D eigenvalue weighted by atomic mass is 10.1. The molecule has 1 aromatic heterocycles. The largest absolute Gasteiger partial charge is 0.479 e. The molecule has 1 aromatic carbocycles. The van der Waals surface area contributed by atoms with E-state index in [1.807, 2.05) is 0 Å². The van der Waals surface area contributed by atoms with Gasteiger partial charge in [-0.2, -0.15) is 0 Å². The summed E-state index contributed by atoms with van der Waals surface area (Å²) in [5.41, 5.74) is 0.576. The van der Waals surface area contributed by atoms with E-state index in [4.69, 9.17) is 16.0 Å². The number of hydrogen-bond donors (Lipinski definition) is 2. The summed E-state index contributed by atoms with van der Waals surface area (Å²) < 4.78 is 4.79. The lowest BCUT2D eigenvalue weighted by molar-refractivity contribution is -0.139. The highest BCUT2D eigenvalue weighted by atomic mass is 35.5. The number of amides is 1. The van der Waals surface area contributed by atoms with Crippen molar-refractivity contribution in [3.8, 4) is 0 Å². The van der Waals surface area contributed by atoms with Crippen LogP contribution in [0.2, 0.25) is 5.22 Å². The van der Waals surface area contributed by atoms with Gasteiger partial charge in [-0.05, 0) is 23.2 Å². The average Bonchev–Trinajstić information content (AvgIpc) is 2.82. The van der Waals surface area contributed by atoms with E-state index in [0.29, 0.717) is 5.56 Å². The van der Waals surface area contributed by atoms with Gasteiger partial charge in [-0.3, -0.25) is 4.79 Å².